The number of amides is 1. The van der Waals surface area contributed by atoms with Gasteiger partial charge in [0.1, 0.15) is 0 Å². The van der Waals surface area contributed by atoms with Gasteiger partial charge in [0.15, 0.2) is 0 Å². The minimum atomic E-state index is -0.640. The summed E-state index contributed by atoms with van der Waals surface area (Å²) in [5, 5.41) is 0. The fourth-order valence-electron chi connectivity index (χ4n) is 1.76. The molecule has 0 fully saturated rings. The molecule has 19 heavy (non-hydrogen) atoms. The van der Waals surface area contributed by atoms with Gasteiger partial charge in [0.05, 0.1) is 0 Å². The summed E-state index contributed by atoms with van der Waals surface area (Å²) in [5.41, 5.74) is 6.20. The number of primary amides is 1. The molecule has 2 aromatic rings. The Labute approximate surface area is 119 Å². The number of nitrogens with two attached hydrogens (primary N) is 1. The third-order valence-electron chi connectivity index (χ3n) is 2.60. The van der Waals surface area contributed by atoms with E-state index in [0.29, 0.717) is 18.7 Å². The predicted molar refractivity (Wildman–Crippen MR) is 71.2 cm³/mol. The quantitative estimate of drug-likeness (QED) is 0.511. The molecule has 3 rings (SSSR count). The molecular weight excluding hydrogens is 376 g/mol. The molecule has 1 amide bonds. The molecule has 7 heteroatoms. The van der Waals surface area contributed by atoms with Crippen LogP contribution in [0.25, 0.3) is 0 Å². The van der Waals surface area contributed by atoms with Crippen molar-refractivity contribution in [3.63, 3.8) is 0 Å². The number of fused-ring (bicyclic) bond motifs is 2. The molecule has 2 aromatic heterocycles. The normalized spacial score (nSPS) is 12.4. The summed E-state index contributed by atoms with van der Waals surface area (Å²) in [4.78, 5) is 32.2. The fraction of sp³-hybridized carbons (Fsp3) is 0. The molecule has 1 aliphatic heterocycles. The van der Waals surface area contributed by atoms with E-state index in [2.05, 4.69) is 9.97 Å². The van der Waals surface area contributed by atoms with Gasteiger partial charge in [-0.3, -0.25) is 0 Å². The Kier molecular flexibility index (Phi) is 3.21. The van der Waals surface area contributed by atoms with Crippen LogP contribution in [0.4, 0.5) is 0 Å². The van der Waals surface area contributed by atoms with E-state index in [1.165, 1.54) is 12.3 Å². The summed E-state index contributed by atoms with van der Waals surface area (Å²) in [7, 11) is 0. The second-order valence-electron chi connectivity index (χ2n) is 3.75. The Bertz CT molecular complexity index is 681. The topological polar surface area (TPSA) is 85.9 Å². The van der Waals surface area contributed by atoms with Gasteiger partial charge in [-0.05, 0) is 0 Å². The SMILES string of the molecule is NC(=O)c1cccnc1C(=O)c1c2ccnc1[Se][Se]2. The van der Waals surface area contributed by atoms with Gasteiger partial charge in [-0.2, -0.15) is 0 Å². The monoisotopic (exact) mass is 385 g/mol. The number of pyridine rings is 2. The van der Waals surface area contributed by atoms with E-state index in [9.17, 15) is 9.59 Å². The molecule has 1 aliphatic rings. The van der Waals surface area contributed by atoms with Crippen LogP contribution in [0.15, 0.2) is 30.6 Å². The van der Waals surface area contributed by atoms with E-state index in [4.69, 9.17) is 5.73 Å². The Morgan fingerprint density at radius 1 is 1.11 bits per heavy atom. The van der Waals surface area contributed by atoms with Crippen LogP contribution in [-0.4, -0.2) is 47.9 Å². The van der Waals surface area contributed by atoms with Gasteiger partial charge in [0.2, 0.25) is 0 Å². The molecule has 0 saturated heterocycles. The van der Waals surface area contributed by atoms with Gasteiger partial charge in [-0.25, -0.2) is 0 Å². The fourth-order valence-corrected chi connectivity index (χ4v) is 8.80. The Morgan fingerprint density at radius 3 is 2.68 bits per heavy atom. The third-order valence-corrected chi connectivity index (χ3v) is 9.44. The van der Waals surface area contributed by atoms with Crippen LogP contribution in [0, 0.1) is 0 Å². The van der Waals surface area contributed by atoms with Gasteiger partial charge in [-0.15, -0.1) is 0 Å². The molecule has 0 spiro atoms. The molecule has 3 heterocycles. The second kappa shape index (κ2) is 4.87. The third kappa shape index (κ3) is 2.11. The number of hydrogen-bond donors (Lipinski definition) is 1. The second-order valence-corrected chi connectivity index (χ2v) is 9.82. The van der Waals surface area contributed by atoms with Crippen molar-refractivity contribution in [2.24, 2.45) is 5.73 Å². The molecule has 2 N–H and O–H groups in total. The molecule has 2 bridgehead atoms. The van der Waals surface area contributed by atoms with Crippen LogP contribution >= 0.6 is 0 Å². The summed E-state index contributed by atoms with van der Waals surface area (Å²) >= 11 is 0.546. The van der Waals surface area contributed by atoms with Crippen molar-refractivity contribution in [3.05, 3.63) is 47.4 Å². The van der Waals surface area contributed by atoms with E-state index >= 15 is 0 Å². The molecule has 0 aromatic carbocycles. The van der Waals surface area contributed by atoms with Gasteiger partial charge >= 0.3 is 120 Å². The van der Waals surface area contributed by atoms with Crippen LogP contribution in [0.2, 0.25) is 0 Å². The van der Waals surface area contributed by atoms with Crippen LogP contribution in [0.5, 0.6) is 0 Å². The number of nitrogens with zero attached hydrogens (tertiary/aromatic N) is 2. The zero-order valence-corrected chi connectivity index (χ0v) is 12.9. The van der Waals surface area contributed by atoms with E-state index < -0.39 is 5.91 Å². The first-order valence-electron chi connectivity index (χ1n) is 5.31. The van der Waals surface area contributed by atoms with Crippen LogP contribution in [0.1, 0.15) is 26.4 Å². The molecular formula is C12H7N3O2Se2. The summed E-state index contributed by atoms with van der Waals surface area (Å²) in [6.45, 7) is 0. The van der Waals surface area contributed by atoms with Crippen molar-refractivity contribution in [3.8, 4) is 0 Å². The zero-order chi connectivity index (χ0) is 13.4. The minimum absolute atomic E-state index is 0.124. The summed E-state index contributed by atoms with van der Waals surface area (Å²) in [6, 6.07) is 4.99. The maximum absolute atomic E-state index is 12.6. The summed E-state index contributed by atoms with van der Waals surface area (Å²) < 4.78 is 1.90. The van der Waals surface area contributed by atoms with Crippen LogP contribution in [0.3, 0.4) is 0 Å². The zero-order valence-electron chi connectivity index (χ0n) is 9.49. The first kappa shape index (κ1) is 12.5. The molecule has 0 unspecified atom stereocenters. The number of rotatable bonds is 3. The van der Waals surface area contributed by atoms with Gasteiger partial charge in [-0.1, -0.05) is 0 Å². The van der Waals surface area contributed by atoms with Crippen molar-refractivity contribution in [2.45, 2.75) is 0 Å². The first-order valence-corrected chi connectivity index (χ1v) is 11.4. The Morgan fingerprint density at radius 2 is 1.95 bits per heavy atom. The number of hydrogen-bond acceptors (Lipinski definition) is 4. The molecule has 94 valence electrons. The molecule has 5 nitrogen and oxygen atoms in total. The van der Waals surface area contributed by atoms with Crippen molar-refractivity contribution in [1.29, 1.82) is 0 Å². The van der Waals surface area contributed by atoms with E-state index in [1.807, 2.05) is 6.07 Å². The van der Waals surface area contributed by atoms with Crippen molar-refractivity contribution in [2.75, 3.05) is 0 Å². The molecule has 0 radical (unpaired) electrons. The van der Waals surface area contributed by atoms with Crippen LogP contribution < -0.4 is 14.8 Å². The number of aromatic nitrogens is 2. The van der Waals surface area contributed by atoms with Crippen molar-refractivity contribution >= 4 is 47.0 Å². The van der Waals surface area contributed by atoms with E-state index in [1.54, 1.807) is 12.3 Å². The summed E-state index contributed by atoms with van der Waals surface area (Å²) in [5.74, 6) is -0.882. The van der Waals surface area contributed by atoms with Gasteiger partial charge < -0.3 is 0 Å². The molecule has 0 aliphatic carbocycles. The average Bonchev–Trinajstić information content (AvgIpc) is 2.67. The van der Waals surface area contributed by atoms with E-state index in [-0.39, 0.29) is 30.2 Å². The van der Waals surface area contributed by atoms with Crippen LogP contribution in [-0.2, 0) is 0 Å². The molecule has 0 atom stereocenters. The number of carbonyl (C=O) groups excluding carboxylic acids is 2. The average molecular weight is 383 g/mol. The predicted octanol–water partition coefficient (Wildman–Crippen LogP) is -1.61. The number of ketones is 1. The summed E-state index contributed by atoms with van der Waals surface area (Å²) in [6.07, 6.45) is 3.22. The van der Waals surface area contributed by atoms with Gasteiger partial charge in [0, 0.05) is 0 Å². The standard InChI is InChI=1S/C12H7N3O2Se2/c13-11(17)6-2-1-4-14-9(6)10(16)8-7-3-5-15-12(8)19-18-7/h1-5H,(H2,13,17). The van der Waals surface area contributed by atoms with Gasteiger partial charge in [0.25, 0.3) is 0 Å². The molecule has 0 saturated carbocycles. The Hall–Kier alpha value is -1.52. The van der Waals surface area contributed by atoms with Crippen molar-refractivity contribution in [1.82, 2.24) is 9.97 Å². The number of carbonyl (C=O) groups is 2. The van der Waals surface area contributed by atoms with E-state index in [0.717, 1.165) is 9.05 Å². The van der Waals surface area contributed by atoms with Crippen molar-refractivity contribution < 1.29 is 9.59 Å². The maximum atomic E-state index is 12.6. The Balaban J connectivity index is 2.14. The first-order chi connectivity index (χ1) is 9.18.